The molecule has 1 spiro atoms. The highest BCUT2D eigenvalue weighted by molar-refractivity contribution is 7.86. The van der Waals surface area contributed by atoms with E-state index in [1.165, 1.54) is 4.31 Å². The molecule has 1 aromatic heterocycles. The zero-order valence-corrected chi connectivity index (χ0v) is 17.1. The second kappa shape index (κ2) is 7.83. The third-order valence-electron chi connectivity index (χ3n) is 5.79. The van der Waals surface area contributed by atoms with Crippen molar-refractivity contribution in [3.63, 3.8) is 0 Å². The van der Waals surface area contributed by atoms with Gasteiger partial charge in [-0.25, -0.2) is 0 Å². The molecule has 1 N–H and O–H groups in total. The van der Waals surface area contributed by atoms with Crippen molar-refractivity contribution in [1.82, 2.24) is 23.8 Å². The van der Waals surface area contributed by atoms with Crippen LogP contribution in [0.5, 0.6) is 0 Å². The van der Waals surface area contributed by atoms with Crippen molar-refractivity contribution in [2.75, 3.05) is 40.8 Å². The molecule has 8 nitrogen and oxygen atoms in total. The minimum Gasteiger partial charge on any atom is -0.349 e. The number of hydrogen-bond donors (Lipinski definition) is 1. The number of aromatic nitrogens is 1. The molecule has 1 amide bonds. The number of pyridine rings is 1. The van der Waals surface area contributed by atoms with Gasteiger partial charge in [0.05, 0.1) is 18.3 Å². The first-order chi connectivity index (χ1) is 12.7. The van der Waals surface area contributed by atoms with Crippen LogP contribution in [0.25, 0.3) is 0 Å². The lowest BCUT2D eigenvalue weighted by Crippen LogP contribution is -2.47. The molecule has 9 heteroatoms. The SMILES string of the molecule is CN1CC2(CCN(S(=O)(=O)N(C)C)CC2)CC1C(=O)NCc1ccccn1. The summed E-state index contributed by atoms with van der Waals surface area (Å²) in [6.07, 6.45) is 4.06. The summed E-state index contributed by atoms with van der Waals surface area (Å²) >= 11 is 0. The van der Waals surface area contributed by atoms with Gasteiger partial charge in [0.25, 0.3) is 10.2 Å². The van der Waals surface area contributed by atoms with Gasteiger partial charge in [0, 0.05) is 39.9 Å². The Bertz CT molecular complexity index is 760. The fraction of sp³-hybridized carbons (Fsp3) is 0.667. The Kier molecular flexibility index (Phi) is 5.85. The molecule has 1 unspecified atom stereocenters. The third kappa shape index (κ3) is 4.31. The van der Waals surface area contributed by atoms with E-state index in [4.69, 9.17) is 0 Å². The van der Waals surface area contributed by atoms with Crippen molar-refractivity contribution in [3.05, 3.63) is 30.1 Å². The third-order valence-corrected chi connectivity index (χ3v) is 7.73. The molecule has 1 atom stereocenters. The van der Waals surface area contributed by atoms with Gasteiger partial charge in [-0.1, -0.05) is 6.07 Å². The van der Waals surface area contributed by atoms with Gasteiger partial charge in [0.1, 0.15) is 0 Å². The molecular weight excluding hydrogens is 366 g/mol. The average molecular weight is 396 g/mol. The monoisotopic (exact) mass is 395 g/mol. The van der Waals surface area contributed by atoms with E-state index >= 15 is 0 Å². The predicted molar refractivity (Wildman–Crippen MR) is 103 cm³/mol. The summed E-state index contributed by atoms with van der Waals surface area (Å²) < 4.78 is 27.4. The molecule has 0 aromatic carbocycles. The van der Waals surface area contributed by atoms with Gasteiger partial charge in [-0.2, -0.15) is 17.0 Å². The van der Waals surface area contributed by atoms with E-state index in [1.807, 2.05) is 25.2 Å². The summed E-state index contributed by atoms with van der Waals surface area (Å²) in [4.78, 5) is 19.0. The Morgan fingerprint density at radius 1 is 1.33 bits per heavy atom. The van der Waals surface area contributed by atoms with Crippen LogP contribution >= 0.6 is 0 Å². The summed E-state index contributed by atoms with van der Waals surface area (Å²) in [6.45, 7) is 2.27. The Morgan fingerprint density at radius 3 is 2.63 bits per heavy atom. The number of rotatable bonds is 5. The number of amides is 1. The van der Waals surface area contributed by atoms with E-state index in [-0.39, 0.29) is 17.4 Å². The lowest BCUT2D eigenvalue weighted by atomic mass is 9.77. The second-order valence-electron chi connectivity index (χ2n) is 7.86. The smallest absolute Gasteiger partial charge is 0.281 e. The van der Waals surface area contributed by atoms with Crippen LogP contribution in [0.4, 0.5) is 0 Å². The summed E-state index contributed by atoms with van der Waals surface area (Å²) in [7, 11) is 1.73. The van der Waals surface area contributed by atoms with E-state index in [0.29, 0.717) is 19.6 Å². The molecule has 27 heavy (non-hydrogen) atoms. The number of hydrogen-bond acceptors (Lipinski definition) is 5. The number of nitrogens with one attached hydrogen (secondary N) is 1. The lowest BCUT2D eigenvalue weighted by Gasteiger charge is -2.39. The lowest BCUT2D eigenvalue weighted by molar-refractivity contribution is -0.125. The molecule has 2 aliphatic heterocycles. The highest BCUT2D eigenvalue weighted by Crippen LogP contribution is 2.43. The van der Waals surface area contributed by atoms with Crippen LogP contribution in [-0.2, 0) is 21.5 Å². The predicted octanol–water partition coefficient (Wildman–Crippen LogP) is 0.291. The fourth-order valence-corrected chi connectivity index (χ4v) is 5.25. The van der Waals surface area contributed by atoms with E-state index in [2.05, 4.69) is 15.2 Å². The number of likely N-dealkylation sites (tertiary alicyclic amines) is 1. The van der Waals surface area contributed by atoms with Gasteiger partial charge in [0.15, 0.2) is 0 Å². The molecule has 150 valence electrons. The first-order valence-corrected chi connectivity index (χ1v) is 10.7. The van der Waals surface area contributed by atoms with Gasteiger partial charge in [-0.15, -0.1) is 0 Å². The van der Waals surface area contributed by atoms with Crippen LogP contribution < -0.4 is 5.32 Å². The van der Waals surface area contributed by atoms with Crippen molar-refractivity contribution in [2.45, 2.75) is 31.8 Å². The van der Waals surface area contributed by atoms with Crippen molar-refractivity contribution < 1.29 is 13.2 Å². The van der Waals surface area contributed by atoms with Crippen LogP contribution in [-0.4, -0.2) is 79.6 Å². The quantitative estimate of drug-likeness (QED) is 0.775. The fourth-order valence-electron chi connectivity index (χ4n) is 4.15. The van der Waals surface area contributed by atoms with Gasteiger partial charge in [0.2, 0.25) is 5.91 Å². The molecule has 2 fully saturated rings. The standard InChI is InChI=1S/C18H29N5O3S/c1-21(2)27(25,26)23-10-7-18(8-11-23)12-16(22(3)14-18)17(24)20-13-15-6-4-5-9-19-15/h4-6,9,16H,7-8,10-14H2,1-3H3,(H,20,24). The number of piperidine rings is 1. The number of carbonyl (C=O) groups is 1. The van der Waals surface area contributed by atoms with Crippen LogP contribution in [0.1, 0.15) is 25.0 Å². The van der Waals surface area contributed by atoms with Gasteiger partial charge >= 0.3 is 0 Å². The van der Waals surface area contributed by atoms with Crippen LogP contribution in [0.3, 0.4) is 0 Å². The maximum atomic E-state index is 12.7. The normalized spacial score (nSPS) is 23.8. The molecule has 0 radical (unpaired) electrons. The first kappa shape index (κ1) is 20.2. The highest BCUT2D eigenvalue weighted by Gasteiger charge is 2.47. The Labute approximate surface area is 161 Å². The Morgan fingerprint density at radius 2 is 2.04 bits per heavy atom. The maximum Gasteiger partial charge on any atom is 0.281 e. The van der Waals surface area contributed by atoms with Crippen molar-refractivity contribution in [3.8, 4) is 0 Å². The van der Waals surface area contributed by atoms with Crippen LogP contribution in [0, 0.1) is 5.41 Å². The van der Waals surface area contributed by atoms with Crippen molar-refractivity contribution in [1.29, 1.82) is 0 Å². The minimum absolute atomic E-state index is 0.0140. The molecule has 3 heterocycles. The van der Waals surface area contributed by atoms with E-state index in [9.17, 15) is 13.2 Å². The molecule has 0 aliphatic carbocycles. The van der Waals surface area contributed by atoms with Crippen molar-refractivity contribution >= 4 is 16.1 Å². The van der Waals surface area contributed by atoms with Crippen LogP contribution in [0.2, 0.25) is 0 Å². The molecule has 0 bridgehead atoms. The Balaban J connectivity index is 1.57. The number of nitrogens with zero attached hydrogens (tertiary/aromatic N) is 4. The maximum absolute atomic E-state index is 12.7. The topological polar surface area (TPSA) is 85.9 Å². The molecule has 2 aliphatic rings. The Hall–Kier alpha value is -1.55. The number of likely N-dealkylation sites (N-methyl/N-ethyl adjacent to an activating group) is 1. The zero-order valence-electron chi connectivity index (χ0n) is 16.3. The highest BCUT2D eigenvalue weighted by atomic mass is 32.2. The largest absolute Gasteiger partial charge is 0.349 e. The summed E-state index contributed by atoms with van der Waals surface area (Å²) in [6, 6.07) is 5.47. The molecule has 1 aromatic rings. The van der Waals surface area contributed by atoms with E-state index in [1.54, 1.807) is 24.6 Å². The molecule has 2 saturated heterocycles. The number of carbonyl (C=O) groups excluding carboxylic acids is 1. The van der Waals surface area contributed by atoms with Gasteiger partial charge in [-0.05, 0) is 43.9 Å². The minimum atomic E-state index is -3.36. The summed E-state index contributed by atoms with van der Waals surface area (Å²) in [5.74, 6) is 0.0170. The second-order valence-corrected chi connectivity index (χ2v) is 10.0. The average Bonchev–Trinajstić information content (AvgIpc) is 2.96. The first-order valence-electron chi connectivity index (χ1n) is 9.29. The van der Waals surface area contributed by atoms with E-state index < -0.39 is 10.2 Å². The molecule has 3 rings (SSSR count). The van der Waals surface area contributed by atoms with Gasteiger partial charge in [-0.3, -0.25) is 14.7 Å². The van der Waals surface area contributed by atoms with Crippen molar-refractivity contribution in [2.24, 2.45) is 5.41 Å². The molecular formula is C18H29N5O3S. The molecule has 0 saturated carbocycles. The zero-order chi connectivity index (χ0) is 19.7. The van der Waals surface area contributed by atoms with E-state index in [0.717, 1.165) is 31.5 Å². The van der Waals surface area contributed by atoms with Crippen LogP contribution in [0.15, 0.2) is 24.4 Å². The van der Waals surface area contributed by atoms with Gasteiger partial charge < -0.3 is 5.32 Å². The summed E-state index contributed by atoms with van der Waals surface area (Å²) in [5.41, 5.74) is 0.850. The summed E-state index contributed by atoms with van der Waals surface area (Å²) in [5, 5.41) is 2.99.